The van der Waals surface area contributed by atoms with E-state index in [-0.39, 0.29) is 18.3 Å². The molecule has 18 heavy (non-hydrogen) atoms. The molecule has 0 spiro atoms. The number of aryl methyl sites for hydroxylation is 1. The van der Waals surface area contributed by atoms with Crippen LogP contribution in [0.2, 0.25) is 0 Å². The first-order chi connectivity index (χ1) is 7.90. The molecule has 0 amide bonds. The largest absolute Gasteiger partial charge is 0.385 e. The van der Waals surface area contributed by atoms with Gasteiger partial charge in [-0.25, -0.2) is 0 Å². The van der Waals surface area contributed by atoms with Gasteiger partial charge in [-0.2, -0.15) is 0 Å². The van der Waals surface area contributed by atoms with Crippen molar-refractivity contribution in [1.82, 2.24) is 4.90 Å². The Kier molecular flexibility index (Phi) is 6.90. The van der Waals surface area contributed by atoms with Crippen molar-refractivity contribution in [3.05, 3.63) is 35.4 Å². The first kappa shape index (κ1) is 17.4. The number of halogens is 1. The second-order valence-electron chi connectivity index (χ2n) is 5.31. The van der Waals surface area contributed by atoms with Gasteiger partial charge in [0.1, 0.15) is 0 Å². The third kappa shape index (κ3) is 3.98. The molecule has 0 heterocycles. The molecular formula is C15H26ClNO. The number of rotatable bonds is 5. The quantitative estimate of drug-likeness (QED) is 0.889. The lowest BCUT2D eigenvalue weighted by molar-refractivity contribution is -0.0292. The summed E-state index contributed by atoms with van der Waals surface area (Å²) < 4.78 is 0. The topological polar surface area (TPSA) is 23.5 Å². The highest BCUT2D eigenvalue weighted by Gasteiger charge is 2.33. The van der Waals surface area contributed by atoms with Crippen LogP contribution in [0, 0.1) is 12.8 Å². The molecule has 0 aliphatic heterocycles. The van der Waals surface area contributed by atoms with Crippen LogP contribution in [0.3, 0.4) is 0 Å². The molecule has 1 N–H and O–H groups in total. The highest BCUT2D eigenvalue weighted by atomic mass is 35.5. The fourth-order valence-corrected chi connectivity index (χ4v) is 2.45. The van der Waals surface area contributed by atoms with E-state index in [0.29, 0.717) is 0 Å². The Bertz CT molecular complexity index is 367. The molecule has 0 radical (unpaired) electrons. The van der Waals surface area contributed by atoms with E-state index < -0.39 is 5.60 Å². The van der Waals surface area contributed by atoms with Crippen LogP contribution in [0.25, 0.3) is 0 Å². The van der Waals surface area contributed by atoms with Gasteiger partial charge in [0.05, 0.1) is 5.60 Å². The van der Waals surface area contributed by atoms with Crippen molar-refractivity contribution in [2.24, 2.45) is 5.92 Å². The van der Waals surface area contributed by atoms with Gasteiger partial charge in [-0.15, -0.1) is 12.4 Å². The molecule has 0 aromatic heterocycles. The van der Waals surface area contributed by atoms with Crippen molar-refractivity contribution in [3.63, 3.8) is 0 Å². The van der Waals surface area contributed by atoms with Gasteiger partial charge in [-0.1, -0.05) is 43.7 Å². The van der Waals surface area contributed by atoms with E-state index in [9.17, 15) is 5.11 Å². The van der Waals surface area contributed by atoms with E-state index in [2.05, 4.69) is 37.8 Å². The van der Waals surface area contributed by atoms with Crippen LogP contribution in [0.1, 0.15) is 31.4 Å². The summed E-state index contributed by atoms with van der Waals surface area (Å²) in [5, 5.41) is 10.9. The third-order valence-corrected chi connectivity index (χ3v) is 3.51. The van der Waals surface area contributed by atoms with Crippen molar-refractivity contribution in [2.75, 3.05) is 20.6 Å². The van der Waals surface area contributed by atoms with E-state index in [4.69, 9.17) is 0 Å². The number of hydrogen-bond donors (Lipinski definition) is 1. The molecule has 104 valence electrons. The van der Waals surface area contributed by atoms with Gasteiger partial charge in [0.25, 0.3) is 0 Å². The Morgan fingerprint density at radius 3 is 2.39 bits per heavy atom. The maximum atomic E-state index is 10.9. The fourth-order valence-electron chi connectivity index (χ4n) is 2.45. The van der Waals surface area contributed by atoms with E-state index in [1.54, 1.807) is 0 Å². The summed E-state index contributed by atoms with van der Waals surface area (Å²) in [5.74, 6) is 0.212. The molecule has 0 aliphatic carbocycles. The predicted molar refractivity (Wildman–Crippen MR) is 80.3 cm³/mol. The standard InChI is InChI=1S/C15H25NO.ClH/c1-6-15(17,13(3)11-16(4)5)14-9-7-8-12(2)10-14;/h7-10,13,17H,6,11H2,1-5H3;1H/t13-,15-;/m1./s1. The molecule has 2 nitrogen and oxygen atoms in total. The minimum Gasteiger partial charge on any atom is -0.385 e. The van der Waals surface area contributed by atoms with Crippen molar-refractivity contribution in [1.29, 1.82) is 0 Å². The van der Waals surface area contributed by atoms with E-state index in [0.717, 1.165) is 18.5 Å². The lowest BCUT2D eigenvalue weighted by atomic mass is 9.79. The van der Waals surface area contributed by atoms with Gasteiger partial charge in [-0.3, -0.25) is 0 Å². The van der Waals surface area contributed by atoms with Crippen molar-refractivity contribution >= 4 is 12.4 Å². The summed E-state index contributed by atoms with van der Waals surface area (Å²) in [4.78, 5) is 2.13. The van der Waals surface area contributed by atoms with Crippen molar-refractivity contribution < 1.29 is 5.11 Å². The smallest absolute Gasteiger partial charge is 0.0931 e. The second-order valence-corrected chi connectivity index (χ2v) is 5.31. The van der Waals surface area contributed by atoms with Crippen molar-refractivity contribution in [2.45, 2.75) is 32.8 Å². The number of benzene rings is 1. The van der Waals surface area contributed by atoms with E-state index in [1.165, 1.54) is 5.56 Å². The van der Waals surface area contributed by atoms with Crippen molar-refractivity contribution in [3.8, 4) is 0 Å². The van der Waals surface area contributed by atoms with Gasteiger partial charge in [0.2, 0.25) is 0 Å². The molecule has 0 fully saturated rings. The summed E-state index contributed by atoms with van der Waals surface area (Å²) in [6.45, 7) is 7.12. The summed E-state index contributed by atoms with van der Waals surface area (Å²) in [5.41, 5.74) is 1.51. The number of hydrogen-bond acceptors (Lipinski definition) is 2. The molecular weight excluding hydrogens is 246 g/mol. The number of nitrogens with zero attached hydrogens (tertiary/aromatic N) is 1. The Labute approximate surface area is 117 Å². The van der Waals surface area contributed by atoms with Crippen LogP contribution >= 0.6 is 12.4 Å². The van der Waals surface area contributed by atoms with Gasteiger partial charge in [-0.05, 0) is 33.0 Å². The van der Waals surface area contributed by atoms with Gasteiger partial charge in [0, 0.05) is 12.5 Å². The molecule has 1 aromatic carbocycles. The van der Waals surface area contributed by atoms with E-state index >= 15 is 0 Å². The van der Waals surface area contributed by atoms with Crippen LogP contribution in [0.5, 0.6) is 0 Å². The molecule has 1 aromatic rings. The normalized spacial score (nSPS) is 15.9. The molecule has 0 aliphatic rings. The zero-order valence-corrected chi connectivity index (χ0v) is 12.9. The molecule has 0 saturated carbocycles. The first-order valence-corrected chi connectivity index (χ1v) is 6.34. The molecule has 3 heteroatoms. The molecule has 0 saturated heterocycles. The Morgan fingerprint density at radius 1 is 1.33 bits per heavy atom. The fraction of sp³-hybridized carbons (Fsp3) is 0.600. The first-order valence-electron chi connectivity index (χ1n) is 6.34. The minimum atomic E-state index is -0.726. The highest BCUT2D eigenvalue weighted by Crippen LogP contribution is 2.33. The van der Waals surface area contributed by atoms with Gasteiger partial charge >= 0.3 is 0 Å². The average Bonchev–Trinajstić information content (AvgIpc) is 2.27. The lowest BCUT2D eigenvalue weighted by Crippen LogP contribution is -2.38. The minimum absolute atomic E-state index is 0. The zero-order valence-electron chi connectivity index (χ0n) is 12.1. The summed E-state index contributed by atoms with van der Waals surface area (Å²) >= 11 is 0. The predicted octanol–water partition coefficient (Wildman–Crippen LogP) is 3.21. The molecule has 0 unspecified atom stereocenters. The monoisotopic (exact) mass is 271 g/mol. The van der Waals surface area contributed by atoms with Gasteiger partial charge < -0.3 is 10.0 Å². The SMILES string of the molecule is CC[C@](O)(c1cccc(C)c1)[C@H](C)CN(C)C.Cl. The van der Waals surface area contributed by atoms with Crippen LogP contribution in [0.4, 0.5) is 0 Å². The third-order valence-electron chi connectivity index (χ3n) is 3.51. The zero-order chi connectivity index (χ0) is 13.1. The Morgan fingerprint density at radius 2 is 1.94 bits per heavy atom. The Balaban J connectivity index is 0.00000289. The molecule has 2 atom stereocenters. The summed E-state index contributed by atoms with van der Waals surface area (Å²) in [6.07, 6.45) is 0.742. The number of aliphatic hydroxyl groups is 1. The van der Waals surface area contributed by atoms with Crippen LogP contribution in [-0.2, 0) is 5.60 Å². The van der Waals surface area contributed by atoms with Gasteiger partial charge in [0.15, 0.2) is 0 Å². The maximum Gasteiger partial charge on any atom is 0.0931 e. The summed E-state index contributed by atoms with van der Waals surface area (Å²) in [7, 11) is 4.09. The Hall–Kier alpha value is -0.570. The van der Waals surface area contributed by atoms with Crippen LogP contribution < -0.4 is 0 Å². The van der Waals surface area contributed by atoms with E-state index in [1.807, 2.05) is 26.2 Å². The maximum absolute atomic E-state index is 10.9. The molecule has 0 bridgehead atoms. The highest BCUT2D eigenvalue weighted by molar-refractivity contribution is 5.85. The molecule has 1 rings (SSSR count). The average molecular weight is 272 g/mol. The van der Waals surface area contributed by atoms with Crippen LogP contribution in [-0.4, -0.2) is 30.6 Å². The summed E-state index contributed by atoms with van der Waals surface area (Å²) in [6, 6.07) is 8.21. The lowest BCUT2D eigenvalue weighted by Gasteiger charge is -2.35. The second kappa shape index (κ2) is 7.13. The van der Waals surface area contributed by atoms with Crippen LogP contribution in [0.15, 0.2) is 24.3 Å².